The fraction of sp³-hybridized carbons (Fsp3) is 0.231. The summed E-state index contributed by atoms with van der Waals surface area (Å²) in [4.78, 5) is 0.772. The van der Waals surface area contributed by atoms with E-state index in [0.717, 1.165) is 22.6 Å². The summed E-state index contributed by atoms with van der Waals surface area (Å²) in [5.41, 5.74) is 1.05. The van der Waals surface area contributed by atoms with Gasteiger partial charge in [-0.15, -0.1) is 11.3 Å². The van der Waals surface area contributed by atoms with Crippen LogP contribution in [0.2, 0.25) is 0 Å². The predicted molar refractivity (Wildman–Crippen MR) is 65.4 cm³/mol. The number of benzene rings is 1. The third-order valence-electron chi connectivity index (χ3n) is 2.52. The van der Waals surface area contributed by atoms with Crippen LogP contribution in [0, 0.1) is 6.92 Å². The van der Waals surface area contributed by atoms with Crippen LogP contribution in [0.4, 0.5) is 13.2 Å². The molecule has 0 radical (unpaired) electrons. The van der Waals surface area contributed by atoms with E-state index in [4.69, 9.17) is 5.11 Å². The Balaban J connectivity index is 2.54. The topological polar surface area (TPSA) is 20.2 Å². The van der Waals surface area contributed by atoms with Crippen molar-refractivity contribution in [3.05, 3.63) is 46.3 Å². The average Bonchev–Trinajstić information content (AvgIpc) is 2.74. The van der Waals surface area contributed by atoms with Crippen molar-refractivity contribution in [2.75, 3.05) is 0 Å². The molecular formula is C13H11F3OS. The number of aryl methyl sites for hydroxylation is 1. The van der Waals surface area contributed by atoms with Gasteiger partial charge in [0.2, 0.25) is 0 Å². The molecule has 0 amide bonds. The summed E-state index contributed by atoms with van der Waals surface area (Å²) in [6, 6.07) is 5.51. The molecule has 1 aromatic carbocycles. The summed E-state index contributed by atoms with van der Waals surface area (Å²) in [6.45, 7) is 1.49. The van der Waals surface area contributed by atoms with E-state index in [-0.39, 0.29) is 5.56 Å². The molecule has 0 unspecified atom stereocenters. The lowest BCUT2D eigenvalue weighted by molar-refractivity contribution is -0.137. The highest BCUT2D eigenvalue weighted by molar-refractivity contribution is 7.13. The second-order valence-corrected chi connectivity index (χ2v) is 4.97. The van der Waals surface area contributed by atoms with E-state index in [9.17, 15) is 13.2 Å². The van der Waals surface area contributed by atoms with Gasteiger partial charge in [0.15, 0.2) is 0 Å². The highest BCUT2D eigenvalue weighted by Gasteiger charge is 2.31. The first kappa shape index (κ1) is 13.1. The van der Waals surface area contributed by atoms with Gasteiger partial charge in [-0.1, -0.05) is 0 Å². The highest BCUT2D eigenvalue weighted by Crippen LogP contribution is 2.35. The van der Waals surface area contributed by atoms with Gasteiger partial charge in [-0.05, 0) is 53.3 Å². The van der Waals surface area contributed by atoms with Gasteiger partial charge in [0, 0.05) is 4.88 Å². The maximum absolute atomic E-state index is 12.7. The van der Waals surface area contributed by atoms with Crippen LogP contribution in [0.5, 0.6) is 0 Å². The van der Waals surface area contributed by atoms with Gasteiger partial charge in [-0.3, -0.25) is 0 Å². The highest BCUT2D eigenvalue weighted by atomic mass is 32.1. The number of halogens is 3. The van der Waals surface area contributed by atoms with Crippen LogP contribution in [0.15, 0.2) is 29.6 Å². The molecule has 5 heteroatoms. The minimum absolute atomic E-state index is 0.269. The van der Waals surface area contributed by atoms with Crippen LogP contribution in [-0.4, -0.2) is 5.11 Å². The minimum atomic E-state index is -4.40. The van der Waals surface area contributed by atoms with Crippen molar-refractivity contribution in [1.29, 1.82) is 0 Å². The number of aliphatic hydroxyl groups excluding tert-OH is 1. The number of aliphatic hydroxyl groups is 1. The second kappa shape index (κ2) is 4.74. The molecule has 0 aliphatic rings. The molecular weight excluding hydrogens is 261 g/mol. The predicted octanol–water partition coefficient (Wildman–Crippen LogP) is 4.23. The zero-order valence-corrected chi connectivity index (χ0v) is 10.4. The van der Waals surface area contributed by atoms with Crippen molar-refractivity contribution >= 4 is 11.3 Å². The molecule has 18 heavy (non-hydrogen) atoms. The summed E-state index contributed by atoms with van der Waals surface area (Å²) in [6.07, 6.45) is -4.40. The maximum atomic E-state index is 12.7. The Bertz CT molecular complexity index is 558. The van der Waals surface area contributed by atoms with E-state index in [2.05, 4.69) is 0 Å². The van der Waals surface area contributed by atoms with E-state index in [1.165, 1.54) is 11.3 Å². The number of hydrogen-bond donors (Lipinski definition) is 1. The number of alkyl halides is 3. The molecule has 0 bridgehead atoms. The molecule has 0 fully saturated rings. The van der Waals surface area contributed by atoms with E-state index in [1.807, 2.05) is 18.4 Å². The molecule has 2 rings (SSSR count). The van der Waals surface area contributed by atoms with Gasteiger partial charge in [-0.25, -0.2) is 0 Å². The summed E-state index contributed by atoms with van der Waals surface area (Å²) in [5.74, 6) is 0. The van der Waals surface area contributed by atoms with Crippen molar-refractivity contribution in [2.45, 2.75) is 19.7 Å². The van der Waals surface area contributed by atoms with Crippen LogP contribution in [-0.2, 0) is 12.8 Å². The Morgan fingerprint density at radius 1 is 1.17 bits per heavy atom. The lowest BCUT2D eigenvalue weighted by Gasteiger charge is -2.10. The number of hydrogen-bond acceptors (Lipinski definition) is 2. The largest absolute Gasteiger partial charge is 0.416 e. The van der Waals surface area contributed by atoms with Gasteiger partial charge in [0.25, 0.3) is 0 Å². The zero-order chi connectivity index (χ0) is 13.3. The first-order valence-corrected chi connectivity index (χ1v) is 6.15. The quantitative estimate of drug-likeness (QED) is 0.867. The van der Waals surface area contributed by atoms with Crippen molar-refractivity contribution in [2.24, 2.45) is 0 Å². The standard InChI is InChI=1S/C13H11F3OS/c1-8-2-12(18-7-8)10-3-9(6-17)4-11(5-10)13(14,15)16/h2-5,7,17H,6H2,1H3. The summed E-state index contributed by atoms with van der Waals surface area (Å²) >= 11 is 1.39. The monoisotopic (exact) mass is 272 g/mol. The Hall–Kier alpha value is -1.33. The third-order valence-corrected chi connectivity index (χ3v) is 3.61. The molecule has 1 N–H and O–H groups in total. The van der Waals surface area contributed by atoms with Gasteiger partial charge in [0.05, 0.1) is 12.2 Å². The first-order chi connectivity index (χ1) is 8.40. The van der Waals surface area contributed by atoms with E-state index < -0.39 is 18.3 Å². The molecule has 0 atom stereocenters. The number of thiophene rings is 1. The van der Waals surface area contributed by atoms with E-state index >= 15 is 0 Å². The molecule has 0 aliphatic heterocycles. The molecule has 0 saturated heterocycles. The van der Waals surface area contributed by atoms with Crippen LogP contribution in [0.3, 0.4) is 0 Å². The molecule has 1 nitrogen and oxygen atoms in total. The molecule has 0 aliphatic carbocycles. The zero-order valence-electron chi connectivity index (χ0n) is 9.58. The molecule has 96 valence electrons. The summed E-state index contributed by atoms with van der Waals surface area (Å²) in [5, 5.41) is 10.9. The Morgan fingerprint density at radius 3 is 2.39 bits per heavy atom. The van der Waals surface area contributed by atoms with E-state index in [0.29, 0.717) is 5.56 Å². The van der Waals surface area contributed by atoms with Crippen LogP contribution >= 0.6 is 11.3 Å². The van der Waals surface area contributed by atoms with Crippen molar-refractivity contribution in [3.63, 3.8) is 0 Å². The van der Waals surface area contributed by atoms with Crippen molar-refractivity contribution in [1.82, 2.24) is 0 Å². The minimum Gasteiger partial charge on any atom is -0.392 e. The first-order valence-electron chi connectivity index (χ1n) is 5.27. The van der Waals surface area contributed by atoms with E-state index in [1.54, 1.807) is 6.07 Å². The Kier molecular flexibility index (Phi) is 3.45. The molecule has 1 heterocycles. The maximum Gasteiger partial charge on any atom is 0.416 e. The van der Waals surface area contributed by atoms with Crippen LogP contribution in [0.25, 0.3) is 10.4 Å². The number of rotatable bonds is 2. The molecule has 1 aromatic heterocycles. The fourth-order valence-electron chi connectivity index (χ4n) is 1.67. The third kappa shape index (κ3) is 2.73. The lowest BCUT2D eigenvalue weighted by Crippen LogP contribution is -2.06. The smallest absolute Gasteiger partial charge is 0.392 e. The summed E-state index contributed by atoms with van der Waals surface area (Å²) in [7, 11) is 0. The van der Waals surface area contributed by atoms with Crippen molar-refractivity contribution in [3.8, 4) is 10.4 Å². The van der Waals surface area contributed by atoms with Crippen molar-refractivity contribution < 1.29 is 18.3 Å². The van der Waals surface area contributed by atoms with Gasteiger partial charge >= 0.3 is 6.18 Å². The van der Waals surface area contributed by atoms with Crippen LogP contribution < -0.4 is 0 Å². The molecule has 0 spiro atoms. The van der Waals surface area contributed by atoms with Gasteiger partial charge < -0.3 is 5.11 Å². The Morgan fingerprint density at radius 2 is 1.89 bits per heavy atom. The normalized spacial score (nSPS) is 11.8. The summed E-state index contributed by atoms with van der Waals surface area (Å²) < 4.78 is 38.2. The lowest BCUT2D eigenvalue weighted by atomic mass is 10.0. The fourth-order valence-corrected chi connectivity index (χ4v) is 2.56. The van der Waals surface area contributed by atoms with Gasteiger partial charge in [-0.2, -0.15) is 13.2 Å². The molecule has 0 saturated carbocycles. The second-order valence-electron chi connectivity index (χ2n) is 4.06. The van der Waals surface area contributed by atoms with Crippen LogP contribution in [0.1, 0.15) is 16.7 Å². The van der Waals surface area contributed by atoms with Gasteiger partial charge in [0.1, 0.15) is 0 Å². The SMILES string of the molecule is Cc1csc(-c2cc(CO)cc(C(F)(F)F)c2)c1. The Labute approximate surface area is 107 Å². The molecule has 2 aromatic rings. The average molecular weight is 272 g/mol.